The van der Waals surface area contributed by atoms with Gasteiger partial charge in [0.05, 0.1) is 0 Å². The van der Waals surface area contributed by atoms with Crippen LogP contribution in [-0.2, 0) is 0 Å². The molecule has 0 spiro atoms. The van der Waals surface area contributed by atoms with E-state index >= 15 is 0 Å². The van der Waals surface area contributed by atoms with Crippen LogP contribution in [0, 0.1) is 0 Å². The summed E-state index contributed by atoms with van der Waals surface area (Å²) in [6.07, 6.45) is 8.34. The van der Waals surface area contributed by atoms with E-state index in [9.17, 15) is 4.79 Å². The number of aromatic nitrogens is 3. The van der Waals surface area contributed by atoms with E-state index in [2.05, 4.69) is 15.3 Å². The van der Waals surface area contributed by atoms with Crippen LogP contribution in [-0.4, -0.2) is 32.5 Å². The first kappa shape index (κ1) is 15.2. The van der Waals surface area contributed by atoms with Gasteiger partial charge in [0.25, 0.3) is 5.91 Å². The second kappa shape index (κ2) is 6.49. The fourth-order valence-corrected chi connectivity index (χ4v) is 1.95. The molecule has 112 valence electrons. The monoisotopic (exact) mass is 287 g/mol. The lowest BCUT2D eigenvalue weighted by molar-refractivity contribution is 0.0942. The molecule has 0 radical (unpaired) electrons. The number of carbonyl (C=O) groups is 1. The zero-order chi connectivity index (χ0) is 15.3. The van der Waals surface area contributed by atoms with Crippen molar-refractivity contribution in [2.75, 3.05) is 6.54 Å². The average molecular weight is 287 g/mol. The molecule has 0 bridgehead atoms. The van der Waals surface area contributed by atoms with E-state index in [1.54, 1.807) is 41.6 Å². The fraction of sp³-hybridized carbons (Fsp3) is 0.400. The SMILES string of the molecule is CCC(N)(CC)CNC(=O)c1ccnc(-n2ccnc2)c1. The fourth-order valence-electron chi connectivity index (χ4n) is 1.95. The molecule has 2 rings (SSSR count). The van der Waals surface area contributed by atoms with E-state index in [-0.39, 0.29) is 11.4 Å². The number of amides is 1. The predicted octanol–water partition coefficient (Wildman–Crippen LogP) is 1.51. The molecular weight excluding hydrogens is 266 g/mol. The van der Waals surface area contributed by atoms with Crippen molar-refractivity contribution in [3.05, 3.63) is 42.6 Å². The van der Waals surface area contributed by atoms with Crippen LogP contribution in [0.4, 0.5) is 0 Å². The van der Waals surface area contributed by atoms with Gasteiger partial charge in [-0.3, -0.25) is 9.36 Å². The summed E-state index contributed by atoms with van der Waals surface area (Å²) in [5.41, 5.74) is 6.40. The average Bonchev–Trinajstić information content (AvgIpc) is 3.07. The summed E-state index contributed by atoms with van der Waals surface area (Å²) in [6, 6.07) is 3.42. The van der Waals surface area contributed by atoms with Gasteiger partial charge >= 0.3 is 0 Å². The molecule has 2 aromatic heterocycles. The van der Waals surface area contributed by atoms with Crippen LogP contribution >= 0.6 is 0 Å². The van der Waals surface area contributed by atoms with E-state index in [1.165, 1.54) is 0 Å². The van der Waals surface area contributed by atoms with Crippen LogP contribution in [0.15, 0.2) is 37.1 Å². The van der Waals surface area contributed by atoms with Gasteiger partial charge in [0, 0.05) is 36.2 Å². The Balaban J connectivity index is 2.08. The van der Waals surface area contributed by atoms with Crippen molar-refractivity contribution in [3.8, 4) is 5.82 Å². The molecule has 0 saturated carbocycles. The second-order valence-electron chi connectivity index (χ2n) is 5.12. The first-order valence-electron chi connectivity index (χ1n) is 7.09. The van der Waals surface area contributed by atoms with Crippen LogP contribution in [0.3, 0.4) is 0 Å². The first-order chi connectivity index (χ1) is 10.1. The van der Waals surface area contributed by atoms with Gasteiger partial charge in [0.15, 0.2) is 0 Å². The van der Waals surface area contributed by atoms with Gasteiger partial charge in [-0.15, -0.1) is 0 Å². The molecule has 0 aliphatic carbocycles. The van der Waals surface area contributed by atoms with Crippen molar-refractivity contribution < 1.29 is 4.79 Å². The third-order valence-electron chi connectivity index (χ3n) is 3.79. The normalized spacial score (nSPS) is 11.4. The Kier molecular flexibility index (Phi) is 4.70. The zero-order valence-electron chi connectivity index (χ0n) is 12.4. The number of rotatable bonds is 6. The lowest BCUT2D eigenvalue weighted by Gasteiger charge is -2.26. The van der Waals surface area contributed by atoms with Gasteiger partial charge in [-0.1, -0.05) is 13.8 Å². The molecule has 1 amide bonds. The highest BCUT2D eigenvalue weighted by molar-refractivity contribution is 5.94. The van der Waals surface area contributed by atoms with E-state index in [4.69, 9.17) is 5.73 Å². The van der Waals surface area contributed by atoms with Crippen molar-refractivity contribution in [2.45, 2.75) is 32.2 Å². The van der Waals surface area contributed by atoms with Gasteiger partial charge in [-0.2, -0.15) is 0 Å². The van der Waals surface area contributed by atoms with Crippen molar-refractivity contribution in [1.29, 1.82) is 0 Å². The van der Waals surface area contributed by atoms with Crippen LogP contribution in [0.5, 0.6) is 0 Å². The Labute approximate surface area is 124 Å². The van der Waals surface area contributed by atoms with Crippen LogP contribution in [0.2, 0.25) is 0 Å². The number of imidazole rings is 1. The zero-order valence-corrected chi connectivity index (χ0v) is 12.4. The Morgan fingerprint density at radius 1 is 1.38 bits per heavy atom. The summed E-state index contributed by atoms with van der Waals surface area (Å²) in [4.78, 5) is 20.4. The topological polar surface area (TPSA) is 85.8 Å². The molecule has 0 aliphatic rings. The first-order valence-corrected chi connectivity index (χ1v) is 7.09. The minimum atomic E-state index is -0.351. The summed E-state index contributed by atoms with van der Waals surface area (Å²) in [5.74, 6) is 0.514. The number of nitrogens with one attached hydrogen (secondary N) is 1. The lowest BCUT2D eigenvalue weighted by atomic mass is 9.94. The minimum absolute atomic E-state index is 0.143. The number of carbonyl (C=O) groups excluding carboxylic acids is 1. The molecule has 3 N–H and O–H groups in total. The Morgan fingerprint density at radius 2 is 2.14 bits per heavy atom. The molecule has 0 unspecified atom stereocenters. The van der Waals surface area contributed by atoms with Gasteiger partial charge in [0.1, 0.15) is 12.1 Å². The molecule has 0 aromatic carbocycles. The maximum absolute atomic E-state index is 12.2. The number of nitrogens with zero attached hydrogens (tertiary/aromatic N) is 3. The Morgan fingerprint density at radius 3 is 2.76 bits per heavy atom. The van der Waals surface area contributed by atoms with E-state index in [0.717, 1.165) is 12.8 Å². The molecule has 21 heavy (non-hydrogen) atoms. The second-order valence-corrected chi connectivity index (χ2v) is 5.12. The number of hydrogen-bond donors (Lipinski definition) is 2. The van der Waals surface area contributed by atoms with Crippen LogP contribution in [0.1, 0.15) is 37.0 Å². The standard InChI is InChI=1S/C15H21N5O/c1-3-15(16,4-2)10-19-14(21)12-5-6-18-13(9-12)20-8-7-17-11-20/h5-9,11H,3-4,10,16H2,1-2H3,(H,19,21). The summed E-state index contributed by atoms with van der Waals surface area (Å²) in [5, 5.41) is 2.90. The molecule has 2 heterocycles. The highest BCUT2D eigenvalue weighted by atomic mass is 16.1. The number of nitrogens with two attached hydrogens (primary N) is 1. The molecule has 0 fully saturated rings. The molecule has 6 heteroatoms. The molecule has 0 atom stereocenters. The third kappa shape index (κ3) is 3.66. The quantitative estimate of drug-likeness (QED) is 0.843. The molecule has 2 aromatic rings. The molecule has 0 aliphatic heterocycles. The highest BCUT2D eigenvalue weighted by Gasteiger charge is 2.21. The number of hydrogen-bond acceptors (Lipinski definition) is 4. The van der Waals surface area contributed by atoms with Crippen molar-refractivity contribution in [3.63, 3.8) is 0 Å². The van der Waals surface area contributed by atoms with Gasteiger partial charge in [-0.05, 0) is 25.0 Å². The molecule has 0 saturated heterocycles. The summed E-state index contributed by atoms with van der Waals surface area (Å²) in [7, 11) is 0. The maximum Gasteiger partial charge on any atom is 0.251 e. The van der Waals surface area contributed by atoms with Crippen molar-refractivity contribution in [1.82, 2.24) is 19.9 Å². The van der Waals surface area contributed by atoms with Gasteiger partial charge < -0.3 is 11.1 Å². The Bertz CT molecular complexity index is 590. The highest BCUT2D eigenvalue weighted by Crippen LogP contribution is 2.11. The summed E-state index contributed by atoms with van der Waals surface area (Å²) in [6.45, 7) is 4.51. The minimum Gasteiger partial charge on any atom is -0.350 e. The predicted molar refractivity (Wildman–Crippen MR) is 81.2 cm³/mol. The lowest BCUT2D eigenvalue weighted by Crippen LogP contribution is -2.49. The third-order valence-corrected chi connectivity index (χ3v) is 3.79. The smallest absolute Gasteiger partial charge is 0.251 e. The largest absolute Gasteiger partial charge is 0.350 e. The van der Waals surface area contributed by atoms with E-state index in [0.29, 0.717) is 17.9 Å². The van der Waals surface area contributed by atoms with Crippen molar-refractivity contribution >= 4 is 5.91 Å². The van der Waals surface area contributed by atoms with E-state index < -0.39 is 0 Å². The molecular formula is C15H21N5O. The van der Waals surface area contributed by atoms with E-state index in [1.807, 2.05) is 13.8 Å². The Hall–Kier alpha value is -2.21. The van der Waals surface area contributed by atoms with Crippen molar-refractivity contribution in [2.24, 2.45) is 5.73 Å². The van der Waals surface area contributed by atoms with Crippen LogP contribution in [0.25, 0.3) is 5.82 Å². The number of pyridine rings is 1. The molecule has 6 nitrogen and oxygen atoms in total. The van der Waals surface area contributed by atoms with Gasteiger partial charge in [0.2, 0.25) is 0 Å². The summed E-state index contributed by atoms with van der Waals surface area (Å²) >= 11 is 0. The summed E-state index contributed by atoms with van der Waals surface area (Å²) < 4.78 is 1.75. The van der Waals surface area contributed by atoms with Crippen LogP contribution < -0.4 is 11.1 Å². The van der Waals surface area contributed by atoms with Gasteiger partial charge in [-0.25, -0.2) is 9.97 Å². The maximum atomic E-state index is 12.2.